The lowest BCUT2D eigenvalue weighted by atomic mass is 10.0. The molecule has 17 heavy (non-hydrogen) atoms. The SMILES string of the molecule is [2H]C1CN(C(C)C)CCC[N+]1(C(=O)O)C(C)(C)C. The van der Waals surface area contributed by atoms with Gasteiger partial charge in [-0.1, -0.05) is 0 Å². The topological polar surface area (TPSA) is 40.5 Å². The summed E-state index contributed by atoms with van der Waals surface area (Å²) < 4.78 is 8.22. The molecule has 0 spiro atoms. The Morgan fingerprint density at radius 2 is 2.00 bits per heavy atom. The molecule has 4 nitrogen and oxygen atoms in total. The van der Waals surface area contributed by atoms with E-state index in [1.165, 1.54) is 0 Å². The summed E-state index contributed by atoms with van der Waals surface area (Å²) in [6, 6.07) is 0.367. The molecule has 0 radical (unpaired) electrons. The predicted octanol–water partition coefficient (Wildman–Crippen LogP) is 2.39. The van der Waals surface area contributed by atoms with Crippen LogP contribution >= 0.6 is 0 Å². The van der Waals surface area contributed by atoms with Crippen molar-refractivity contribution in [2.75, 3.05) is 26.2 Å². The van der Waals surface area contributed by atoms with Crippen LogP contribution in [-0.2, 0) is 0 Å². The lowest BCUT2D eigenvalue weighted by Crippen LogP contribution is -2.64. The van der Waals surface area contributed by atoms with Gasteiger partial charge in [0, 0.05) is 25.6 Å². The number of quaternary nitrogens is 1. The number of hydrogen-bond donors (Lipinski definition) is 1. The van der Waals surface area contributed by atoms with Gasteiger partial charge in [0.25, 0.3) is 0 Å². The van der Waals surface area contributed by atoms with Gasteiger partial charge in [0.15, 0.2) is 0 Å². The van der Waals surface area contributed by atoms with Crippen LogP contribution < -0.4 is 0 Å². The molecule has 2 unspecified atom stereocenters. The fourth-order valence-electron chi connectivity index (χ4n) is 2.49. The van der Waals surface area contributed by atoms with E-state index in [-0.39, 0.29) is 4.48 Å². The van der Waals surface area contributed by atoms with E-state index in [0.29, 0.717) is 19.1 Å². The Morgan fingerprint density at radius 3 is 2.41 bits per heavy atom. The molecule has 0 aromatic carbocycles. The maximum atomic E-state index is 11.8. The van der Waals surface area contributed by atoms with Crippen LogP contribution in [0.4, 0.5) is 4.79 Å². The first kappa shape index (κ1) is 12.8. The fraction of sp³-hybridized carbons (Fsp3) is 0.923. The molecular weight excluding hydrogens is 216 g/mol. The number of carbonyl (C=O) groups is 1. The van der Waals surface area contributed by atoms with E-state index in [1.807, 2.05) is 20.8 Å². The Labute approximate surface area is 106 Å². The summed E-state index contributed by atoms with van der Waals surface area (Å²) in [4.78, 5) is 14.0. The van der Waals surface area contributed by atoms with E-state index >= 15 is 0 Å². The third-order valence-corrected chi connectivity index (χ3v) is 3.85. The second-order valence-electron chi connectivity index (χ2n) is 6.17. The van der Waals surface area contributed by atoms with Gasteiger partial charge in [0.2, 0.25) is 0 Å². The number of amides is 1. The molecule has 100 valence electrons. The molecule has 0 aromatic heterocycles. The summed E-state index contributed by atoms with van der Waals surface area (Å²) in [5.74, 6) is 0. The molecule has 0 aliphatic carbocycles. The monoisotopic (exact) mass is 244 g/mol. The molecule has 1 heterocycles. The minimum Gasteiger partial charge on any atom is -0.435 e. The molecule has 0 saturated carbocycles. The summed E-state index contributed by atoms with van der Waals surface area (Å²) in [6.45, 7) is 11.3. The highest BCUT2D eigenvalue weighted by atomic mass is 16.4. The van der Waals surface area contributed by atoms with E-state index in [4.69, 9.17) is 1.37 Å². The predicted molar refractivity (Wildman–Crippen MR) is 69.1 cm³/mol. The summed E-state index contributed by atoms with van der Waals surface area (Å²) in [7, 11) is 0. The number of rotatable bonds is 1. The highest BCUT2D eigenvalue weighted by Crippen LogP contribution is 2.28. The molecule has 1 fully saturated rings. The van der Waals surface area contributed by atoms with E-state index in [0.717, 1.165) is 13.0 Å². The second-order valence-corrected chi connectivity index (χ2v) is 6.17. The summed E-state index contributed by atoms with van der Waals surface area (Å²) in [6.07, 6.45) is -0.0370. The number of hydrogen-bond acceptors (Lipinski definition) is 2. The maximum Gasteiger partial charge on any atom is 0.514 e. The minimum atomic E-state index is -0.867. The van der Waals surface area contributed by atoms with Crippen molar-refractivity contribution < 1.29 is 15.8 Å². The van der Waals surface area contributed by atoms with Crippen LogP contribution in [0, 0.1) is 0 Å². The average molecular weight is 244 g/mol. The van der Waals surface area contributed by atoms with Crippen molar-refractivity contribution in [1.29, 1.82) is 0 Å². The molecule has 0 bridgehead atoms. The van der Waals surface area contributed by atoms with Crippen LogP contribution in [0.5, 0.6) is 0 Å². The Kier molecular flexibility index (Phi) is 3.73. The van der Waals surface area contributed by atoms with Crippen molar-refractivity contribution in [3.8, 4) is 0 Å². The van der Waals surface area contributed by atoms with E-state index < -0.39 is 18.2 Å². The van der Waals surface area contributed by atoms with Gasteiger partial charge in [0.05, 0.1) is 7.92 Å². The average Bonchev–Trinajstić information content (AvgIpc) is 2.36. The van der Waals surface area contributed by atoms with Crippen LogP contribution in [0.3, 0.4) is 0 Å². The van der Waals surface area contributed by atoms with Crippen molar-refractivity contribution in [3.63, 3.8) is 0 Å². The van der Waals surface area contributed by atoms with Gasteiger partial charge >= 0.3 is 6.09 Å². The van der Waals surface area contributed by atoms with Gasteiger partial charge in [-0.05, 0) is 34.6 Å². The Balaban J connectivity index is 3.10. The highest BCUT2D eigenvalue weighted by molar-refractivity contribution is 5.57. The molecule has 0 aromatic rings. The first-order valence-corrected chi connectivity index (χ1v) is 6.40. The molecule has 1 saturated heterocycles. The Hall–Kier alpha value is -0.610. The van der Waals surface area contributed by atoms with E-state index in [2.05, 4.69) is 18.7 Å². The van der Waals surface area contributed by atoms with Crippen molar-refractivity contribution in [2.24, 2.45) is 0 Å². The maximum absolute atomic E-state index is 11.8. The standard InChI is InChI=1S/C13H26N2O2/c1-11(2)14-7-6-9-15(10-8-14,12(16)17)13(3,4)5/h11H,6-10H2,1-5H3/p+1/i10D. The third kappa shape index (κ3) is 2.80. The van der Waals surface area contributed by atoms with Gasteiger partial charge in [-0.25, -0.2) is 4.48 Å². The lowest BCUT2D eigenvalue weighted by Gasteiger charge is -2.43. The van der Waals surface area contributed by atoms with Crippen molar-refractivity contribution >= 4 is 6.09 Å². The van der Waals surface area contributed by atoms with Gasteiger partial charge in [-0.2, -0.15) is 4.79 Å². The fourth-order valence-corrected chi connectivity index (χ4v) is 2.49. The van der Waals surface area contributed by atoms with Gasteiger partial charge in [0.1, 0.15) is 12.1 Å². The zero-order chi connectivity index (χ0) is 14.1. The zero-order valence-electron chi connectivity index (χ0n) is 12.7. The van der Waals surface area contributed by atoms with E-state index in [9.17, 15) is 9.90 Å². The third-order valence-electron chi connectivity index (χ3n) is 3.85. The molecule has 2 atom stereocenters. The zero-order valence-corrected chi connectivity index (χ0v) is 11.7. The van der Waals surface area contributed by atoms with E-state index in [1.54, 1.807) is 0 Å². The van der Waals surface area contributed by atoms with Crippen LogP contribution in [0.15, 0.2) is 0 Å². The molecular formula is C13H27N2O2+. The lowest BCUT2D eigenvalue weighted by molar-refractivity contribution is -0.901. The van der Waals surface area contributed by atoms with Crippen LogP contribution in [0.2, 0.25) is 0 Å². The summed E-state index contributed by atoms with van der Waals surface area (Å²) >= 11 is 0. The van der Waals surface area contributed by atoms with Crippen molar-refractivity contribution in [3.05, 3.63) is 0 Å². The van der Waals surface area contributed by atoms with Crippen molar-refractivity contribution in [2.45, 2.75) is 52.6 Å². The summed E-state index contributed by atoms with van der Waals surface area (Å²) in [5, 5.41) is 9.68. The van der Waals surface area contributed by atoms with Crippen LogP contribution in [0.1, 0.15) is 42.4 Å². The Morgan fingerprint density at radius 1 is 1.41 bits per heavy atom. The first-order chi connectivity index (χ1) is 8.13. The second kappa shape index (κ2) is 4.94. The van der Waals surface area contributed by atoms with Gasteiger partial charge in [-0.3, -0.25) is 4.90 Å². The van der Waals surface area contributed by atoms with Gasteiger partial charge < -0.3 is 5.11 Å². The van der Waals surface area contributed by atoms with Crippen LogP contribution in [-0.4, -0.2) is 58.3 Å². The van der Waals surface area contributed by atoms with Crippen molar-refractivity contribution in [1.82, 2.24) is 4.90 Å². The largest absolute Gasteiger partial charge is 0.514 e. The molecule has 1 amide bonds. The Bertz CT molecular complexity index is 315. The molecule has 1 aliphatic rings. The van der Waals surface area contributed by atoms with Crippen LogP contribution in [0.25, 0.3) is 0 Å². The molecule has 1 rings (SSSR count). The summed E-state index contributed by atoms with van der Waals surface area (Å²) in [5.41, 5.74) is -0.453. The highest BCUT2D eigenvalue weighted by Gasteiger charge is 2.48. The minimum absolute atomic E-state index is 0.157. The number of nitrogens with zero attached hydrogens (tertiary/aromatic N) is 2. The normalized spacial score (nSPS) is 33.3. The molecule has 1 N–H and O–H groups in total. The quantitative estimate of drug-likeness (QED) is 0.720. The smallest absolute Gasteiger partial charge is 0.435 e. The number of carboxylic acid groups (broad SMARTS) is 1. The van der Waals surface area contributed by atoms with Gasteiger partial charge in [-0.15, -0.1) is 0 Å². The molecule has 1 aliphatic heterocycles. The first-order valence-electron chi connectivity index (χ1n) is 6.98. The molecule has 4 heteroatoms.